The van der Waals surface area contributed by atoms with Crippen molar-refractivity contribution in [3.8, 4) is 11.5 Å². The van der Waals surface area contributed by atoms with Crippen molar-refractivity contribution in [3.63, 3.8) is 0 Å². The smallest absolute Gasteiger partial charge is 0.227 e. The van der Waals surface area contributed by atoms with Crippen molar-refractivity contribution >= 4 is 11.8 Å². The Balaban J connectivity index is 2.13. The number of benzene rings is 2. The number of rotatable bonds is 9. The van der Waals surface area contributed by atoms with E-state index in [1.807, 2.05) is 36.4 Å². The lowest BCUT2D eigenvalue weighted by atomic mass is 10.1. The van der Waals surface area contributed by atoms with Gasteiger partial charge in [-0.05, 0) is 23.3 Å². The quantitative estimate of drug-likeness (QED) is 0.746. The highest BCUT2D eigenvalue weighted by atomic mass is 16.5. The molecule has 0 spiro atoms. The van der Waals surface area contributed by atoms with Gasteiger partial charge < -0.3 is 20.1 Å². The van der Waals surface area contributed by atoms with Gasteiger partial charge in [-0.25, -0.2) is 0 Å². The summed E-state index contributed by atoms with van der Waals surface area (Å²) >= 11 is 0. The fourth-order valence-electron chi connectivity index (χ4n) is 2.62. The predicted octanol–water partition coefficient (Wildman–Crippen LogP) is 2.15. The molecule has 0 fully saturated rings. The van der Waals surface area contributed by atoms with Crippen LogP contribution in [0.1, 0.15) is 17.5 Å². The zero-order valence-electron chi connectivity index (χ0n) is 15.1. The van der Waals surface area contributed by atoms with Crippen LogP contribution in [0.4, 0.5) is 0 Å². The van der Waals surface area contributed by atoms with Crippen LogP contribution in [0.25, 0.3) is 0 Å². The monoisotopic (exact) mass is 356 g/mol. The van der Waals surface area contributed by atoms with Crippen LogP contribution < -0.4 is 15.2 Å². The van der Waals surface area contributed by atoms with E-state index in [2.05, 4.69) is 0 Å². The second-order valence-electron chi connectivity index (χ2n) is 5.88. The summed E-state index contributed by atoms with van der Waals surface area (Å²) in [6.45, 7) is 0.719. The summed E-state index contributed by atoms with van der Waals surface area (Å²) in [7, 11) is 3.12. The zero-order valence-corrected chi connectivity index (χ0v) is 15.1. The molecule has 2 N–H and O–H groups in total. The largest absolute Gasteiger partial charge is 0.493 e. The number of methoxy groups -OCH3 is 2. The maximum Gasteiger partial charge on any atom is 0.227 e. The zero-order chi connectivity index (χ0) is 18.9. The summed E-state index contributed by atoms with van der Waals surface area (Å²) in [6.07, 6.45) is 0.330. The number of carbonyl (C=O) groups is 2. The van der Waals surface area contributed by atoms with Crippen molar-refractivity contribution in [2.45, 2.75) is 19.4 Å². The second kappa shape index (κ2) is 9.46. The number of nitrogens with zero attached hydrogens (tertiary/aromatic N) is 1. The molecule has 0 aromatic heterocycles. The number of hydrogen-bond acceptors (Lipinski definition) is 4. The van der Waals surface area contributed by atoms with E-state index in [9.17, 15) is 9.59 Å². The van der Waals surface area contributed by atoms with Crippen LogP contribution in [0.5, 0.6) is 11.5 Å². The second-order valence-corrected chi connectivity index (χ2v) is 5.88. The van der Waals surface area contributed by atoms with Gasteiger partial charge in [-0.1, -0.05) is 36.4 Å². The summed E-state index contributed by atoms with van der Waals surface area (Å²) in [5.74, 6) is 0.674. The van der Waals surface area contributed by atoms with E-state index in [1.54, 1.807) is 31.3 Å². The van der Waals surface area contributed by atoms with Crippen LogP contribution in [0, 0.1) is 0 Å². The van der Waals surface area contributed by atoms with Gasteiger partial charge >= 0.3 is 0 Å². The van der Waals surface area contributed by atoms with E-state index in [-0.39, 0.29) is 25.3 Å². The molecule has 2 aromatic carbocycles. The van der Waals surface area contributed by atoms with Gasteiger partial charge in [-0.3, -0.25) is 9.59 Å². The van der Waals surface area contributed by atoms with Gasteiger partial charge in [0.25, 0.3) is 0 Å². The number of ether oxygens (including phenoxy) is 2. The molecule has 0 aliphatic carbocycles. The van der Waals surface area contributed by atoms with Crippen molar-refractivity contribution in [1.82, 2.24) is 4.90 Å². The minimum Gasteiger partial charge on any atom is -0.493 e. The summed E-state index contributed by atoms with van der Waals surface area (Å²) in [4.78, 5) is 25.6. The lowest BCUT2D eigenvalue weighted by Gasteiger charge is -2.22. The molecule has 2 amide bonds. The van der Waals surface area contributed by atoms with Gasteiger partial charge in [0, 0.05) is 19.5 Å². The maximum absolute atomic E-state index is 12.8. The Morgan fingerprint density at radius 3 is 2.27 bits per heavy atom. The third kappa shape index (κ3) is 5.51. The van der Waals surface area contributed by atoms with Crippen LogP contribution in [0.15, 0.2) is 48.5 Å². The number of carbonyl (C=O) groups excluding carboxylic acids is 2. The molecule has 26 heavy (non-hydrogen) atoms. The molecule has 0 saturated carbocycles. The third-order valence-electron chi connectivity index (χ3n) is 4.00. The standard InChI is InChI=1S/C20H24N2O4/c1-25-17-9-8-16(12-18(17)26-2)13-20(24)22(11-10-19(21)23)14-15-6-4-3-5-7-15/h3-9,12H,10-11,13-14H2,1-2H3,(H2,21,23). The molecule has 138 valence electrons. The van der Waals surface area contributed by atoms with Gasteiger partial charge in [-0.15, -0.1) is 0 Å². The molecular weight excluding hydrogens is 332 g/mol. The van der Waals surface area contributed by atoms with Crippen molar-refractivity contribution in [2.24, 2.45) is 5.73 Å². The summed E-state index contributed by atoms with van der Waals surface area (Å²) < 4.78 is 10.5. The molecule has 2 rings (SSSR count). The lowest BCUT2D eigenvalue weighted by Crippen LogP contribution is -2.34. The number of primary amides is 1. The molecule has 0 radical (unpaired) electrons. The SMILES string of the molecule is COc1ccc(CC(=O)N(CCC(N)=O)Cc2ccccc2)cc1OC. The fraction of sp³-hybridized carbons (Fsp3) is 0.300. The molecule has 0 saturated heterocycles. The van der Waals surface area contributed by atoms with Gasteiger partial charge in [0.1, 0.15) is 0 Å². The first-order valence-corrected chi connectivity index (χ1v) is 8.34. The molecule has 0 atom stereocenters. The topological polar surface area (TPSA) is 81.9 Å². The third-order valence-corrected chi connectivity index (χ3v) is 4.00. The molecule has 6 heteroatoms. The van der Waals surface area contributed by atoms with Crippen molar-refractivity contribution in [1.29, 1.82) is 0 Å². The van der Waals surface area contributed by atoms with Crippen molar-refractivity contribution in [2.75, 3.05) is 20.8 Å². The Labute approximate surface area is 153 Å². The lowest BCUT2D eigenvalue weighted by molar-refractivity contribution is -0.131. The molecule has 0 aliphatic rings. The Hall–Kier alpha value is -3.02. The van der Waals surface area contributed by atoms with E-state index >= 15 is 0 Å². The van der Waals surface area contributed by atoms with E-state index in [0.717, 1.165) is 11.1 Å². The summed E-state index contributed by atoms with van der Waals surface area (Å²) in [5.41, 5.74) is 7.06. The van der Waals surface area contributed by atoms with E-state index < -0.39 is 5.91 Å². The summed E-state index contributed by atoms with van der Waals surface area (Å²) in [5, 5.41) is 0. The van der Waals surface area contributed by atoms with Gasteiger partial charge in [0.2, 0.25) is 11.8 Å². The van der Waals surface area contributed by atoms with E-state index in [4.69, 9.17) is 15.2 Å². The number of nitrogens with two attached hydrogens (primary N) is 1. The highest BCUT2D eigenvalue weighted by molar-refractivity contribution is 5.80. The molecular formula is C20H24N2O4. The number of hydrogen-bond donors (Lipinski definition) is 1. The van der Waals surface area contributed by atoms with E-state index in [0.29, 0.717) is 18.0 Å². The molecule has 2 aromatic rings. The first kappa shape index (κ1) is 19.3. The number of amides is 2. The van der Waals surface area contributed by atoms with E-state index in [1.165, 1.54) is 0 Å². The summed E-state index contributed by atoms with van der Waals surface area (Å²) in [6, 6.07) is 15.0. The Morgan fingerprint density at radius 2 is 1.65 bits per heavy atom. The minimum atomic E-state index is -0.429. The van der Waals surface area contributed by atoms with Crippen LogP contribution >= 0.6 is 0 Å². The van der Waals surface area contributed by atoms with Gasteiger partial charge in [0.15, 0.2) is 11.5 Å². The average molecular weight is 356 g/mol. The van der Waals surface area contributed by atoms with Gasteiger partial charge in [0.05, 0.1) is 20.6 Å². The molecule has 0 bridgehead atoms. The normalized spacial score (nSPS) is 10.2. The fourth-order valence-corrected chi connectivity index (χ4v) is 2.62. The maximum atomic E-state index is 12.8. The first-order valence-electron chi connectivity index (χ1n) is 8.34. The Bertz CT molecular complexity index is 747. The van der Waals surface area contributed by atoms with Crippen molar-refractivity contribution in [3.05, 3.63) is 59.7 Å². The molecule has 0 heterocycles. The van der Waals surface area contributed by atoms with Crippen LogP contribution in [0.2, 0.25) is 0 Å². The Kier molecular flexibility index (Phi) is 7.02. The highest BCUT2D eigenvalue weighted by Gasteiger charge is 2.16. The first-order chi connectivity index (χ1) is 12.5. The van der Waals surface area contributed by atoms with Crippen LogP contribution in [-0.4, -0.2) is 37.5 Å². The van der Waals surface area contributed by atoms with Crippen LogP contribution in [-0.2, 0) is 22.6 Å². The molecule has 6 nitrogen and oxygen atoms in total. The minimum absolute atomic E-state index is 0.0812. The van der Waals surface area contributed by atoms with Crippen LogP contribution in [0.3, 0.4) is 0 Å². The highest BCUT2D eigenvalue weighted by Crippen LogP contribution is 2.27. The molecule has 0 aliphatic heterocycles. The predicted molar refractivity (Wildman–Crippen MR) is 98.9 cm³/mol. The van der Waals surface area contributed by atoms with Gasteiger partial charge in [-0.2, -0.15) is 0 Å². The average Bonchev–Trinajstić information content (AvgIpc) is 2.65. The van der Waals surface area contributed by atoms with Crippen molar-refractivity contribution < 1.29 is 19.1 Å². The Morgan fingerprint density at radius 1 is 0.962 bits per heavy atom. The molecule has 0 unspecified atom stereocenters.